The predicted molar refractivity (Wildman–Crippen MR) is 73.6 cm³/mol. The summed E-state index contributed by atoms with van der Waals surface area (Å²) in [6.07, 6.45) is 3.42. The molecule has 0 aromatic carbocycles. The van der Waals surface area contributed by atoms with Crippen LogP contribution in [-0.4, -0.2) is 9.97 Å². The number of hydrogen-bond donors (Lipinski definition) is 0. The molecular formula is C11H9Br2ClN2. The molecule has 0 aliphatic heterocycles. The molecule has 0 fully saturated rings. The molecule has 0 spiro atoms. The monoisotopic (exact) mass is 362 g/mol. The minimum Gasteiger partial charge on any atom is -0.262 e. The fourth-order valence-corrected chi connectivity index (χ4v) is 1.98. The largest absolute Gasteiger partial charge is 0.262 e. The molecule has 0 radical (unpaired) electrons. The summed E-state index contributed by atoms with van der Waals surface area (Å²) in [7, 11) is 0. The maximum atomic E-state index is 5.50. The lowest BCUT2D eigenvalue weighted by Crippen LogP contribution is -1.75. The normalized spacial score (nSPS) is 9.25. The van der Waals surface area contributed by atoms with Crippen molar-refractivity contribution < 1.29 is 0 Å². The molecule has 2 aromatic rings. The summed E-state index contributed by atoms with van der Waals surface area (Å²) in [4.78, 5) is 7.79. The Labute approximate surface area is 116 Å². The fraction of sp³-hybridized carbons (Fsp3) is 0.0909. The lowest BCUT2D eigenvalue weighted by atomic mass is 10.4. The molecule has 5 heteroatoms. The minimum absolute atomic E-state index is 0.513. The Balaban J connectivity index is 0.000000160. The first-order chi connectivity index (χ1) is 7.58. The Morgan fingerprint density at radius 2 is 1.56 bits per heavy atom. The quantitative estimate of drug-likeness (QED) is 0.636. The van der Waals surface area contributed by atoms with E-state index in [1.165, 1.54) is 0 Å². The summed E-state index contributed by atoms with van der Waals surface area (Å²) < 4.78 is 2.04. The first-order valence-electron chi connectivity index (χ1n) is 4.43. The Morgan fingerprint density at radius 1 is 1.00 bits per heavy atom. The van der Waals surface area contributed by atoms with Crippen LogP contribution in [0.15, 0.2) is 45.6 Å². The highest BCUT2D eigenvalue weighted by Crippen LogP contribution is 2.11. The molecule has 16 heavy (non-hydrogen) atoms. The molecule has 0 N–H and O–H groups in total. The molecule has 0 saturated heterocycles. The van der Waals surface area contributed by atoms with Gasteiger partial charge < -0.3 is 0 Å². The van der Waals surface area contributed by atoms with Gasteiger partial charge in [0.2, 0.25) is 0 Å². The standard InChI is InChI=1S/C6H6BrN.C5H3BrClN/c1-5-4-6(7)2-3-8-5;6-4-1-2-8-5(7)3-4/h2-4H,1H3;1-3H. The number of aromatic nitrogens is 2. The van der Waals surface area contributed by atoms with E-state index in [9.17, 15) is 0 Å². The van der Waals surface area contributed by atoms with Crippen molar-refractivity contribution in [1.82, 2.24) is 9.97 Å². The van der Waals surface area contributed by atoms with Gasteiger partial charge in [-0.1, -0.05) is 43.5 Å². The second-order valence-electron chi connectivity index (χ2n) is 2.91. The zero-order valence-corrected chi connectivity index (χ0v) is 12.4. The van der Waals surface area contributed by atoms with Crippen molar-refractivity contribution in [2.24, 2.45) is 0 Å². The maximum absolute atomic E-state index is 5.50. The number of halogens is 3. The molecule has 0 bridgehead atoms. The van der Waals surface area contributed by atoms with E-state index in [1.807, 2.05) is 25.1 Å². The van der Waals surface area contributed by atoms with Crippen LogP contribution < -0.4 is 0 Å². The van der Waals surface area contributed by atoms with Gasteiger partial charge in [0.15, 0.2) is 0 Å². The third-order valence-corrected chi connectivity index (χ3v) is 2.74. The number of hydrogen-bond acceptors (Lipinski definition) is 2. The zero-order valence-electron chi connectivity index (χ0n) is 8.49. The van der Waals surface area contributed by atoms with Gasteiger partial charge in [-0.25, -0.2) is 4.98 Å². The molecule has 0 aliphatic rings. The highest BCUT2D eigenvalue weighted by atomic mass is 79.9. The Bertz CT molecular complexity index is 385. The van der Waals surface area contributed by atoms with Crippen molar-refractivity contribution in [2.75, 3.05) is 0 Å². The number of aryl methyl sites for hydroxylation is 1. The van der Waals surface area contributed by atoms with Gasteiger partial charge in [0, 0.05) is 27.0 Å². The van der Waals surface area contributed by atoms with Gasteiger partial charge in [0.1, 0.15) is 5.15 Å². The summed E-state index contributed by atoms with van der Waals surface area (Å²) in [6, 6.07) is 7.44. The number of rotatable bonds is 0. The van der Waals surface area contributed by atoms with E-state index in [1.54, 1.807) is 18.5 Å². The van der Waals surface area contributed by atoms with Crippen LogP contribution in [0.25, 0.3) is 0 Å². The predicted octanol–water partition coefficient (Wildman–Crippen LogP) is 4.65. The minimum atomic E-state index is 0.513. The van der Waals surface area contributed by atoms with Gasteiger partial charge in [-0.15, -0.1) is 0 Å². The van der Waals surface area contributed by atoms with Gasteiger partial charge in [0.05, 0.1) is 0 Å². The summed E-state index contributed by atoms with van der Waals surface area (Å²) in [6.45, 7) is 1.96. The molecule has 2 heterocycles. The summed E-state index contributed by atoms with van der Waals surface area (Å²) in [5.41, 5.74) is 1.04. The van der Waals surface area contributed by atoms with Crippen LogP contribution in [0.2, 0.25) is 5.15 Å². The third kappa shape index (κ3) is 5.58. The lowest BCUT2D eigenvalue weighted by Gasteiger charge is -1.88. The van der Waals surface area contributed by atoms with Crippen LogP contribution in [0, 0.1) is 6.92 Å². The van der Waals surface area contributed by atoms with E-state index in [0.717, 1.165) is 14.6 Å². The van der Waals surface area contributed by atoms with Crippen molar-refractivity contribution in [2.45, 2.75) is 6.92 Å². The highest BCUT2D eigenvalue weighted by molar-refractivity contribution is 9.10. The summed E-state index contributed by atoms with van der Waals surface area (Å²) >= 11 is 12.1. The maximum Gasteiger partial charge on any atom is 0.130 e. The van der Waals surface area contributed by atoms with Gasteiger partial charge in [-0.2, -0.15) is 0 Å². The van der Waals surface area contributed by atoms with Crippen molar-refractivity contribution in [3.63, 3.8) is 0 Å². The number of nitrogens with zero attached hydrogens (tertiary/aromatic N) is 2. The lowest BCUT2D eigenvalue weighted by molar-refractivity contribution is 1.19. The van der Waals surface area contributed by atoms with E-state index in [0.29, 0.717) is 5.15 Å². The topological polar surface area (TPSA) is 25.8 Å². The molecule has 0 unspecified atom stereocenters. The first-order valence-corrected chi connectivity index (χ1v) is 6.39. The summed E-state index contributed by atoms with van der Waals surface area (Å²) in [5.74, 6) is 0. The van der Waals surface area contributed by atoms with Crippen molar-refractivity contribution in [3.05, 3.63) is 56.5 Å². The van der Waals surface area contributed by atoms with Crippen molar-refractivity contribution in [1.29, 1.82) is 0 Å². The SMILES string of the molecule is Cc1cc(Br)ccn1.Clc1cc(Br)ccn1. The van der Waals surface area contributed by atoms with Crippen LogP contribution in [0.1, 0.15) is 5.69 Å². The molecular weight excluding hydrogens is 355 g/mol. The van der Waals surface area contributed by atoms with Crippen LogP contribution in [0.5, 0.6) is 0 Å². The average molecular weight is 364 g/mol. The Hall–Kier alpha value is -0.450. The van der Waals surface area contributed by atoms with Crippen LogP contribution in [0.4, 0.5) is 0 Å². The van der Waals surface area contributed by atoms with Crippen molar-refractivity contribution in [3.8, 4) is 0 Å². The molecule has 84 valence electrons. The molecule has 2 nitrogen and oxygen atoms in total. The molecule has 2 aromatic heterocycles. The zero-order chi connectivity index (χ0) is 12.0. The van der Waals surface area contributed by atoms with Crippen LogP contribution >= 0.6 is 43.5 Å². The van der Waals surface area contributed by atoms with Gasteiger partial charge in [-0.05, 0) is 31.2 Å². The molecule has 0 saturated carbocycles. The van der Waals surface area contributed by atoms with Gasteiger partial charge >= 0.3 is 0 Å². The Kier molecular flexibility index (Phi) is 5.95. The molecule has 0 atom stereocenters. The first kappa shape index (κ1) is 13.6. The molecule has 0 amide bonds. The van der Waals surface area contributed by atoms with E-state index >= 15 is 0 Å². The van der Waals surface area contributed by atoms with E-state index in [2.05, 4.69) is 41.8 Å². The third-order valence-electron chi connectivity index (χ3n) is 1.55. The van der Waals surface area contributed by atoms with E-state index in [-0.39, 0.29) is 0 Å². The van der Waals surface area contributed by atoms with Crippen LogP contribution in [0.3, 0.4) is 0 Å². The smallest absolute Gasteiger partial charge is 0.130 e. The fourth-order valence-electron chi connectivity index (χ4n) is 0.890. The van der Waals surface area contributed by atoms with E-state index in [4.69, 9.17) is 11.6 Å². The summed E-state index contributed by atoms with van der Waals surface area (Å²) in [5, 5.41) is 0.513. The second kappa shape index (κ2) is 6.99. The second-order valence-corrected chi connectivity index (χ2v) is 5.13. The van der Waals surface area contributed by atoms with Crippen LogP contribution in [-0.2, 0) is 0 Å². The van der Waals surface area contributed by atoms with E-state index < -0.39 is 0 Å². The van der Waals surface area contributed by atoms with Gasteiger partial charge in [0.25, 0.3) is 0 Å². The van der Waals surface area contributed by atoms with Crippen molar-refractivity contribution >= 4 is 43.5 Å². The Morgan fingerprint density at radius 3 is 1.88 bits per heavy atom. The number of pyridine rings is 2. The van der Waals surface area contributed by atoms with Gasteiger partial charge in [-0.3, -0.25) is 4.98 Å². The average Bonchev–Trinajstić information content (AvgIpc) is 2.17. The molecule has 2 rings (SSSR count). The highest BCUT2D eigenvalue weighted by Gasteiger charge is 1.86. The molecule has 0 aliphatic carbocycles.